The molecule has 0 saturated heterocycles. The summed E-state index contributed by atoms with van der Waals surface area (Å²) in [6.07, 6.45) is 0.0301. The van der Waals surface area contributed by atoms with E-state index >= 15 is 0 Å². The Morgan fingerprint density at radius 1 is 1.17 bits per heavy atom. The Kier molecular flexibility index (Phi) is 4.83. The molecule has 1 aliphatic heterocycles. The molecule has 0 saturated carbocycles. The van der Waals surface area contributed by atoms with Crippen LogP contribution in [0.1, 0.15) is 27.0 Å². The molecule has 8 heteroatoms. The average Bonchev–Trinajstić information content (AvgIpc) is 2.72. The SMILES string of the molecule is Cc1c(O)ccc2c(COC(=O)CN3C(=O)Cc4ccccc4C3=O)cc(=O)oc12. The van der Waals surface area contributed by atoms with Crippen LogP contribution in [0.3, 0.4) is 0 Å². The molecular weight excluding hydrogens is 390 g/mol. The van der Waals surface area contributed by atoms with Crippen LogP contribution in [0.2, 0.25) is 0 Å². The second-order valence-corrected chi connectivity index (χ2v) is 6.96. The maximum absolute atomic E-state index is 12.5. The monoisotopic (exact) mass is 407 g/mol. The van der Waals surface area contributed by atoms with Crippen LogP contribution in [-0.4, -0.2) is 34.3 Å². The summed E-state index contributed by atoms with van der Waals surface area (Å²) < 4.78 is 10.4. The lowest BCUT2D eigenvalue weighted by atomic mass is 9.98. The van der Waals surface area contributed by atoms with Crippen molar-refractivity contribution in [3.63, 3.8) is 0 Å². The Labute approximate surface area is 170 Å². The second kappa shape index (κ2) is 7.47. The first-order chi connectivity index (χ1) is 14.3. The van der Waals surface area contributed by atoms with Crippen molar-refractivity contribution in [2.75, 3.05) is 6.54 Å². The van der Waals surface area contributed by atoms with E-state index in [4.69, 9.17) is 9.15 Å². The number of carbonyl (C=O) groups excluding carboxylic acids is 3. The fourth-order valence-corrected chi connectivity index (χ4v) is 3.43. The van der Waals surface area contributed by atoms with E-state index in [-0.39, 0.29) is 24.4 Å². The maximum Gasteiger partial charge on any atom is 0.336 e. The number of esters is 1. The van der Waals surface area contributed by atoms with Crippen molar-refractivity contribution in [3.8, 4) is 5.75 Å². The highest BCUT2D eigenvalue weighted by atomic mass is 16.5. The first-order valence-corrected chi connectivity index (χ1v) is 9.18. The molecule has 2 aromatic carbocycles. The first kappa shape index (κ1) is 19.4. The molecule has 1 aliphatic rings. The van der Waals surface area contributed by atoms with Gasteiger partial charge < -0.3 is 14.3 Å². The van der Waals surface area contributed by atoms with Crippen LogP contribution in [-0.2, 0) is 27.4 Å². The van der Waals surface area contributed by atoms with Crippen molar-refractivity contribution in [1.82, 2.24) is 4.90 Å². The Bertz CT molecular complexity index is 1260. The first-order valence-electron chi connectivity index (χ1n) is 9.18. The van der Waals surface area contributed by atoms with Crippen molar-refractivity contribution in [3.05, 3.63) is 75.1 Å². The lowest BCUT2D eigenvalue weighted by molar-refractivity contribution is -0.149. The van der Waals surface area contributed by atoms with Gasteiger partial charge in [-0.15, -0.1) is 0 Å². The van der Waals surface area contributed by atoms with Crippen molar-refractivity contribution < 1.29 is 28.6 Å². The number of nitrogens with zero attached hydrogens (tertiary/aromatic N) is 1. The van der Waals surface area contributed by atoms with Gasteiger partial charge in [-0.25, -0.2) is 4.79 Å². The normalized spacial score (nSPS) is 13.4. The quantitative estimate of drug-likeness (QED) is 0.400. The number of hydrogen-bond acceptors (Lipinski definition) is 7. The molecule has 0 radical (unpaired) electrons. The molecule has 2 amide bonds. The molecule has 1 aromatic heterocycles. The van der Waals surface area contributed by atoms with Crippen molar-refractivity contribution in [2.45, 2.75) is 20.0 Å². The number of rotatable bonds is 4. The lowest BCUT2D eigenvalue weighted by Gasteiger charge is -2.25. The van der Waals surface area contributed by atoms with E-state index in [1.54, 1.807) is 37.3 Å². The van der Waals surface area contributed by atoms with E-state index in [1.807, 2.05) is 0 Å². The zero-order valence-corrected chi connectivity index (χ0v) is 16.0. The number of hydrogen-bond donors (Lipinski definition) is 1. The highest BCUT2D eigenvalue weighted by molar-refractivity contribution is 6.11. The molecule has 152 valence electrons. The molecule has 3 aromatic rings. The van der Waals surface area contributed by atoms with Crippen LogP contribution >= 0.6 is 0 Å². The zero-order chi connectivity index (χ0) is 21.4. The summed E-state index contributed by atoms with van der Waals surface area (Å²) in [7, 11) is 0. The number of carbonyl (C=O) groups is 3. The van der Waals surface area contributed by atoms with Gasteiger partial charge in [0.25, 0.3) is 5.91 Å². The van der Waals surface area contributed by atoms with Crippen LogP contribution < -0.4 is 5.63 Å². The van der Waals surface area contributed by atoms with Gasteiger partial charge in [0.05, 0.1) is 6.42 Å². The van der Waals surface area contributed by atoms with Gasteiger partial charge in [-0.05, 0) is 30.7 Å². The van der Waals surface area contributed by atoms with E-state index in [0.717, 1.165) is 4.90 Å². The van der Waals surface area contributed by atoms with E-state index in [2.05, 4.69) is 0 Å². The minimum absolute atomic E-state index is 0.0257. The smallest absolute Gasteiger partial charge is 0.336 e. The topological polar surface area (TPSA) is 114 Å². The number of ether oxygens (including phenoxy) is 1. The molecule has 2 heterocycles. The molecule has 0 bridgehead atoms. The molecule has 0 atom stereocenters. The van der Waals surface area contributed by atoms with E-state index in [1.165, 1.54) is 12.1 Å². The average molecular weight is 407 g/mol. The Morgan fingerprint density at radius 3 is 2.73 bits per heavy atom. The van der Waals surface area contributed by atoms with Crippen molar-refractivity contribution >= 4 is 28.8 Å². The molecule has 4 rings (SSSR count). The summed E-state index contributed by atoms with van der Waals surface area (Å²) in [4.78, 5) is 49.9. The summed E-state index contributed by atoms with van der Waals surface area (Å²) in [5.74, 6) is -1.83. The van der Waals surface area contributed by atoms with Crippen molar-refractivity contribution in [1.29, 1.82) is 0 Å². The molecule has 0 unspecified atom stereocenters. The fourth-order valence-electron chi connectivity index (χ4n) is 3.43. The van der Waals surface area contributed by atoms with E-state index < -0.39 is 30.0 Å². The summed E-state index contributed by atoms with van der Waals surface area (Å²) >= 11 is 0. The predicted molar refractivity (Wildman–Crippen MR) is 105 cm³/mol. The van der Waals surface area contributed by atoms with Crippen LogP contribution in [0.15, 0.2) is 51.7 Å². The van der Waals surface area contributed by atoms with E-state index in [9.17, 15) is 24.3 Å². The Hall–Kier alpha value is -3.94. The lowest BCUT2D eigenvalue weighted by Crippen LogP contribution is -2.45. The zero-order valence-electron chi connectivity index (χ0n) is 16.0. The van der Waals surface area contributed by atoms with Gasteiger partial charge in [0.15, 0.2) is 0 Å². The summed E-state index contributed by atoms with van der Waals surface area (Å²) in [5, 5.41) is 10.3. The van der Waals surface area contributed by atoms with Gasteiger partial charge >= 0.3 is 11.6 Å². The minimum Gasteiger partial charge on any atom is -0.508 e. The molecule has 1 N–H and O–H groups in total. The maximum atomic E-state index is 12.5. The Balaban J connectivity index is 1.51. The van der Waals surface area contributed by atoms with Gasteiger partial charge in [0, 0.05) is 28.1 Å². The van der Waals surface area contributed by atoms with Crippen LogP contribution in [0.5, 0.6) is 5.75 Å². The minimum atomic E-state index is -0.784. The summed E-state index contributed by atoms with van der Waals surface area (Å²) in [6.45, 7) is 0.824. The van der Waals surface area contributed by atoms with Gasteiger partial charge in [0.2, 0.25) is 5.91 Å². The van der Waals surface area contributed by atoms with Crippen molar-refractivity contribution in [2.24, 2.45) is 0 Å². The molecule has 0 spiro atoms. The highest BCUT2D eigenvalue weighted by Crippen LogP contribution is 2.27. The van der Waals surface area contributed by atoms with Gasteiger partial charge in [-0.3, -0.25) is 19.3 Å². The van der Waals surface area contributed by atoms with E-state index in [0.29, 0.717) is 27.6 Å². The third kappa shape index (κ3) is 3.43. The molecule has 0 aliphatic carbocycles. The number of imide groups is 1. The standard InChI is InChI=1S/C22H17NO7/c1-12-17(24)7-6-15-14(9-19(26)30-21(12)15)11-29-20(27)10-23-18(25)8-13-4-2-3-5-16(13)22(23)28/h2-7,9,24H,8,10-11H2,1H3. The number of phenols is 1. The van der Waals surface area contributed by atoms with Crippen LogP contribution in [0.25, 0.3) is 11.0 Å². The molecule has 0 fully saturated rings. The third-order valence-corrected chi connectivity index (χ3v) is 5.03. The summed E-state index contributed by atoms with van der Waals surface area (Å²) in [6, 6.07) is 10.9. The number of fused-ring (bicyclic) bond motifs is 2. The highest BCUT2D eigenvalue weighted by Gasteiger charge is 2.32. The van der Waals surface area contributed by atoms with Crippen LogP contribution in [0, 0.1) is 6.92 Å². The Morgan fingerprint density at radius 2 is 1.93 bits per heavy atom. The fraction of sp³-hybridized carbons (Fsp3) is 0.182. The number of phenolic OH excluding ortho intramolecular Hbond substituents is 1. The number of aromatic hydroxyl groups is 1. The summed E-state index contributed by atoms with van der Waals surface area (Å²) in [5.41, 5.74) is 1.33. The predicted octanol–water partition coefficient (Wildman–Crippen LogP) is 2.08. The molecular formula is C22H17NO7. The third-order valence-electron chi connectivity index (χ3n) is 5.03. The number of aryl methyl sites for hydroxylation is 1. The molecule has 30 heavy (non-hydrogen) atoms. The van der Waals surface area contributed by atoms with Gasteiger partial charge in [-0.1, -0.05) is 18.2 Å². The number of benzene rings is 2. The van der Waals surface area contributed by atoms with Crippen LogP contribution in [0.4, 0.5) is 0 Å². The van der Waals surface area contributed by atoms with Gasteiger partial charge in [0.1, 0.15) is 24.5 Å². The molecule has 8 nitrogen and oxygen atoms in total. The van der Waals surface area contributed by atoms with Gasteiger partial charge in [-0.2, -0.15) is 0 Å². The second-order valence-electron chi connectivity index (χ2n) is 6.96. The largest absolute Gasteiger partial charge is 0.508 e. The number of amides is 2.